The number of thioether (sulfide) groups is 1. The fraction of sp³-hybridized carbons (Fsp3) is 0.333. The van der Waals surface area contributed by atoms with Gasteiger partial charge in [0.25, 0.3) is 0 Å². The Hall–Kier alpha value is -2.75. The Morgan fingerprint density at radius 2 is 1.93 bits per heavy atom. The second-order valence-corrected chi connectivity index (χ2v) is 8.01. The first-order valence-corrected chi connectivity index (χ1v) is 11.1. The average molecular weight is 429 g/mol. The van der Waals surface area contributed by atoms with Crippen LogP contribution >= 0.6 is 11.8 Å². The molecule has 9 heteroatoms. The van der Waals surface area contributed by atoms with E-state index in [0.29, 0.717) is 42.4 Å². The summed E-state index contributed by atoms with van der Waals surface area (Å²) in [6, 6.07) is 6.40. The van der Waals surface area contributed by atoms with Crippen LogP contribution in [0.5, 0.6) is 11.5 Å². The quantitative estimate of drug-likeness (QED) is 0.213. The molecular weight excluding hydrogens is 404 g/mol. The Balaban J connectivity index is 2.05. The number of hydrogen-bond acceptors (Lipinski definition) is 7. The van der Waals surface area contributed by atoms with Gasteiger partial charge in [-0.05, 0) is 30.5 Å². The lowest BCUT2D eigenvalue weighted by Crippen LogP contribution is -2.22. The first-order chi connectivity index (χ1) is 14.6. The van der Waals surface area contributed by atoms with Crippen LogP contribution in [0.1, 0.15) is 0 Å². The molecule has 0 aliphatic carbocycles. The summed E-state index contributed by atoms with van der Waals surface area (Å²) in [4.78, 5) is 17.3. The Morgan fingerprint density at radius 1 is 1.10 bits per heavy atom. The van der Waals surface area contributed by atoms with Crippen molar-refractivity contribution in [1.29, 1.82) is 0 Å². The van der Waals surface area contributed by atoms with Gasteiger partial charge in [0.15, 0.2) is 5.43 Å². The SMILES string of the molecule is CSCCn1[nH]c2c3c(=O)ccc(O)c3c(O)c3c(=NCCNCCO)ccc1c32. The van der Waals surface area contributed by atoms with Crippen LogP contribution in [0.25, 0.3) is 32.6 Å². The number of phenolic OH excluding ortho intramolecular Hbond substituents is 2. The van der Waals surface area contributed by atoms with E-state index in [9.17, 15) is 15.0 Å². The zero-order valence-electron chi connectivity index (χ0n) is 16.6. The molecule has 158 valence electrons. The molecule has 1 aromatic heterocycles. The van der Waals surface area contributed by atoms with Gasteiger partial charge >= 0.3 is 0 Å². The molecule has 3 aromatic carbocycles. The lowest BCUT2D eigenvalue weighted by Gasteiger charge is -2.09. The maximum absolute atomic E-state index is 12.7. The van der Waals surface area contributed by atoms with Gasteiger partial charge in [-0.3, -0.25) is 19.6 Å². The highest BCUT2D eigenvalue weighted by Gasteiger charge is 2.21. The highest BCUT2D eigenvalue weighted by atomic mass is 32.2. The number of aryl methyl sites for hydroxylation is 1. The molecule has 0 aliphatic heterocycles. The number of aliphatic hydroxyl groups is 1. The Labute approximate surface area is 176 Å². The van der Waals surface area contributed by atoms with E-state index in [1.165, 1.54) is 12.1 Å². The van der Waals surface area contributed by atoms with Crippen molar-refractivity contribution in [1.82, 2.24) is 15.1 Å². The van der Waals surface area contributed by atoms with Crippen LogP contribution in [0.2, 0.25) is 0 Å². The summed E-state index contributed by atoms with van der Waals surface area (Å²) in [7, 11) is 0. The van der Waals surface area contributed by atoms with E-state index in [1.54, 1.807) is 11.8 Å². The first-order valence-electron chi connectivity index (χ1n) is 9.75. The Kier molecular flexibility index (Phi) is 5.85. The molecule has 0 saturated carbocycles. The number of rotatable bonds is 8. The van der Waals surface area contributed by atoms with E-state index < -0.39 is 0 Å². The van der Waals surface area contributed by atoms with E-state index in [2.05, 4.69) is 15.4 Å². The zero-order valence-corrected chi connectivity index (χ0v) is 17.4. The van der Waals surface area contributed by atoms with Crippen molar-refractivity contribution in [3.05, 3.63) is 39.8 Å². The van der Waals surface area contributed by atoms with E-state index in [4.69, 9.17) is 5.11 Å². The highest BCUT2D eigenvalue weighted by molar-refractivity contribution is 7.98. The van der Waals surface area contributed by atoms with Crippen LogP contribution in [0.3, 0.4) is 0 Å². The van der Waals surface area contributed by atoms with Crippen molar-refractivity contribution in [3.8, 4) is 11.5 Å². The number of benzene rings is 3. The molecule has 0 bridgehead atoms. The van der Waals surface area contributed by atoms with Gasteiger partial charge in [0, 0.05) is 30.8 Å². The molecule has 4 rings (SSSR count). The van der Waals surface area contributed by atoms with Crippen LogP contribution in [-0.2, 0) is 6.54 Å². The lowest BCUT2D eigenvalue weighted by molar-refractivity contribution is 0.293. The second kappa shape index (κ2) is 8.55. The molecular formula is C21H24N4O4S. The van der Waals surface area contributed by atoms with Gasteiger partial charge < -0.3 is 20.6 Å². The number of fused-ring (bicyclic) bond motifs is 2. The molecule has 30 heavy (non-hydrogen) atoms. The first kappa shape index (κ1) is 20.5. The van der Waals surface area contributed by atoms with Gasteiger partial charge in [-0.2, -0.15) is 11.8 Å². The van der Waals surface area contributed by atoms with Crippen LogP contribution in [-0.4, -0.2) is 63.3 Å². The fourth-order valence-electron chi connectivity index (χ4n) is 3.87. The molecule has 0 spiro atoms. The molecule has 8 nitrogen and oxygen atoms in total. The minimum atomic E-state index is -0.268. The zero-order chi connectivity index (χ0) is 21.3. The minimum Gasteiger partial charge on any atom is -0.507 e. The number of aromatic amines is 1. The molecule has 5 N–H and O–H groups in total. The third-order valence-electron chi connectivity index (χ3n) is 5.20. The van der Waals surface area contributed by atoms with Crippen LogP contribution in [0, 0.1) is 0 Å². The summed E-state index contributed by atoms with van der Waals surface area (Å²) in [5, 5.41) is 39.0. The standard InChI is InChI=1S/C21H24N4O4S/c1-30-11-9-25-13-3-2-12(23-7-6-22-8-10-26)16-17(13)20(24-25)18-14(27)4-5-15(28)19(18)21(16)29/h2-5,22,24,26,28-29H,6-11H2,1H3. The molecule has 4 aromatic rings. The van der Waals surface area contributed by atoms with Gasteiger partial charge in [0.05, 0.1) is 45.7 Å². The summed E-state index contributed by atoms with van der Waals surface area (Å²) >= 11 is 1.71. The Morgan fingerprint density at radius 3 is 2.70 bits per heavy atom. The van der Waals surface area contributed by atoms with Crippen molar-refractivity contribution in [2.45, 2.75) is 6.54 Å². The third kappa shape index (κ3) is 3.38. The number of aromatic nitrogens is 2. The molecule has 0 amide bonds. The number of aliphatic hydroxyl groups excluding tert-OH is 1. The van der Waals surface area contributed by atoms with Crippen LogP contribution < -0.4 is 16.1 Å². The molecule has 0 aliphatic rings. The third-order valence-corrected chi connectivity index (χ3v) is 5.79. The molecule has 1 heterocycles. The monoisotopic (exact) mass is 428 g/mol. The average Bonchev–Trinajstić information content (AvgIpc) is 3.11. The number of nitrogens with zero attached hydrogens (tertiary/aromatic N) is 2. The largest absolute Gasteiger partial charge is 0.507 e. The number of H-pyrrole nitrogens is 1. The number of nitrogens with one attached hydrogen (secondary N) is 2. The van der Waals surface area contributed by atoms with Crippen molar-refractivity contribution >= 4 is 44.3 Å². The van der Waals surface area contributed by atoms with Gasteiger partial charge in [-0.1, -0.05) is 0 Å². The maximum Gasteiger partial charge on any atom is 0.189 e. The van der Waals surface area contributed by atoms with Crippen LogP contribution in [0.4, 0.5) is 0 Å². The molecule has 0 atom stereocenters. The van der Waals surface area contributed by atoms with Gasteiger partial charge in [0.2, 0.25) is 0 Å². The summed E-state index contributed by atoms with van der Waals surface area (Å²) in [5.41, 5.74) is 1.19. The summed E-state index contributed by atoms with van der Waals surface area (Å²) in [5.74, 6) is 0.590. The summed E-state index contributed by atoms with van der Waals surface area (Å²) in [6.07, 6.45) is 2.03. The number of aromatic hydroxyl groups is 2. The van der Waals surface area contributed by atoms with Gasteiger partial charge in [0.1, 0.15) is 11.5 Å². The molecule has 0 saturated heterocycles. The molecule has 0 radical (unpaired) electrons. The number of hydrogen-bond donors (Lipinski definition) is 5. The maximum atomic E-state index is 12.7. The van der Waals surface area contributed by atoms with Crippen molar-refractivity contribution in [2.75, 3.05) is 38.2 Å². The van der Waals surface area contributed by atoms with E-state index in [-0.39, 0.29) is 34.3 Å². The predicted molar refractivity (Wildman–Crippen MR) is 121 cm³/mol. The van der Waals surface area contributed by atoms with Crippen molar-refractivity contribution in [3.63, 3.8) is 0 Å². The van der Waals surface area contributed by atoms with E-state index >= 15 is 0 Å². The highest BCUT2D eigenvalue weighted by Crippen LogP contribution is 2.41. The van der Waals surface area contributed by atoms with Gasteiger partial charge in [-0.25, -0.2) is 0 Å². The number of phenols is 2. The predicted octanol–water partition coefficient (Wildman–Crippen LogP) is 1.33. The van der Waals surface area contributed by atoms with Crippen LogP contribution in [0.15, 0.2) is 34.1 Å². The summed E-state index contributed by atoms with van der Waals surface area (Å²) in [6.45, 7) is 2.30. The van der Waals surface area contributed by atoms with Crippen molar-refractivity contribution < 1.29 is 15.3 Å². The Bertz CT molecular complexity index is 1330. The van der Waals surface area contributed by atoms with Crippen molar-refractivity contribution in [2.24, 2.45) is 4.99 Å². The lowest BCUT2D eigenvalue weighted by atomic mass is 9.99. The normalized spacial score (nSPS) is 12.7. The minimum absolute atomic E-state index is 0.0577. The smallest absolute Gasteiger partial charge is 0.189 e. The van der Waals surface area contributed by atoms with E-state index in [1.807, 2.05) is 23.1 Å². The fourth-order valence-corrected chi connectivity index (χ4v) is 4.23. The molecule has 0 fully saturated rings. The van der Waals surface area contributed by atoms with E-state index in [0.717, 1.165) is 16.7 Å². The topological polar surface area (TPSA) is 123 Å². The summed E-state index contributed by atoms with van der Waals surface area (Å²) < 4.78 is 1.96. The molecule has 0 unspecified atom stereocenters. The van der Waals surface area contributed by atoms with Gasteiger partial charge in [-0.15, -0.1) is 0 Å². The second-order valence-electron chi connectivity index (χ2n) is 7.02.